The lowest BCUT2D eigenvalue weighted by Gasteiger charge is -2.30. The van der Waals surface area contributed by atoms with E-state index >= 15 is 0 Å². The van der Waals surface area contributed by atoms with Crippen LogP contribution in [0.1, 0.15) is 42.3 Å². The molecule has 0 saturated heterocycles. The van der Waals surface area contributed by atoms with E-state index in [0.717, 1.165) is 27.9 Å². The van der Waals surface area contributed by atoms with Crippen molar-refractivity contribution >= 4 is 11.7 Å². The molecule has 0 aliphatic carbocycles. The number of benzene rings is 1. The van der Waals surface area contributed by atoms with Gasteiger partial charge >= 0.3 is 0 Å². The molecule has 2 heterocycles. The summed E-state index contributed by atoms with van der Waals surface area (Å²) in [5.41, 5.74) is 11.2. The molecule has 27 heavy (non-hydrogen) atoms. The van der Waals surface area contributed by atoms with Crippen LogP contribution < -0.4 is 5.73 Å². The van der Waals surface area contributed by atoms with Gasteiger partial charge in [-0.1, -0.05) is 18.2 Å². The third-order valence-electron chi connectivity index (χ3n) is 5.37. The molecule has 0 spiro atoms. The topological polar surface area (TPSA) is 86.2 Å². The third kappa shape index (κ3) is 3.51. The van der Waals surface area contributed by atoms with Gasteiger partial charge in [0, 0.05) is 43.6 Å². The number of hydrogen-bond donors (Lipinski definition) is 1. The molecule has 2 N–H and O–H groups in total. The van der Waals surface area contributed by atoms with E-state index < -0.39 is 0 Å². The van der Waals surface area contributed by atoms with Crippen LogP contribution in [0.25, 0.3) is 11.1 Å². The zero-order valence-corrected chi connectivity index (χ0v) is 16.3. The highest BCUT2D eigenvalue weighted by Crippen LogP contribution is 2.36. The van der Waals surface area contributed by atoms with Gasteiger partial charge < -0.3 is 15.5 Å². The van der Waals surface area contributed by atoms with E-state index in [-0.39, 0.29) is 17.8 Å². The minimum absolute atomic E-state index is 0.0249. The number of rotatable bonds is 3. The zero-order chi connectivity index (χ0) is 19.7. The van der Waals surface area contributed by atoms with Crippen molar-refractivity contribution in [3.8, 4) is 17.2 Å². The van der Waals surface area contributed by atoms with E-state index in [1.54, 1.807) is 11.8 Å². The molecule has 140 valence electrons. The molecule has 1 atom stereocenters. The monoisotopic (exact) mass is 363 g/mol. The van der Waals surface area contributed by atoms with Gasteiger partial charge in [0.1, 0.15) is 17.5 Å². The van der Waals surface area contributed by atoms with Gasteiger partial charge in [0.15, 0.2) is 0 Å². The van der Waals surface area contributed by atoms with Gasteiger partial charge in [-0.25, -0.2) is 4.98 Å². The Balaban J connectivity index is 2.21. The van der Waals surface area contributed by atoms with Crippen molar-refractivity contribution in [2.24, 2.45) is 0 Å². The molecule has 3 rings (SSSR count). The second kappa shape index (κ2) is 7.37. The number of amides is 1. The Bertz CT molecular complexity index is 929. The number of nitrogen functional groups attached to an aromatic ring is 1. The first-order valence-electron chi connectivity index (χ1n) is 9.07. The first kappa shape index (κ1) is 18.9. The standard InChI is InChI=1S/C21H25N5O/c1-13(25(3)4)15-6-5-7-16(10-15)20-17(11-22)21(23)24-19-8-9-26(14(2)27)12-18(19)20/h5-7,10,13H,8-9,12H2,1-4H3,(H2,23,24). The highest BCUT2D eigenvalue weighted by atomic mass is 16.2. The SMILES string of the molecule is CC(=O)N1CCc2nc(N)c(C#N)c(-c3cccc(C(C)N(C)C)c3)c2C1. The van der Waals surface area contributed by atoms with E-state index in [0.29, 0.717) is 25.1 Å². The minimum atomic E-state index is 0.0249. The summed E-state index contributed by atoms with van der Waals surface area (Å²) in [6, 6.07) is 10.6. The van der Waals surface area contributed by atoms with E-state index in [1.165, 1.54) is 0 Å². The van der Waals surface area contributed by atoms with Crippen LogP contribution >= 0.6 is 0 Å². The van der Waals surface area contributed by atoms with Crippen LogP contribution in [-0.4, -0.2) is 41.3 Å². The molecule has 1 amide bonds. The van der Waals surface area contributed by atoms with Crippen molar-refractivity contribution in [1.82, 2.24) is 14.8 Å². The van der Waals surface area contributed by atoms with Gasteiger partial charge in [-0.3, -0.25) is 4.79 Å². The normalized spacial score (nSPS) is 14.6. The van der Waals surface area contributed by atoms with Crippen molar-refractivity contribution < 1.29 is 4.79 Å². The van der Waals surface area contributed by atoms with Gasteiger partial charge in [-0.05, 0) is 38.2 Å². The van der Waals surface area contributed by atoms with Gasteiger partial charge in [0.2, 0.25) is 5.91 Å². The number of nitriles is 1. The molecular weight excluding hydrogens is 338 g/mol. The highest BCUT2D eigenvalue weighted by Gasteiger charge is 2.26. The minimum Gasteiger partial charge on any atom is -0.383 e. The van der Waals surface area contributed by atoms with Crippen LogP contribution in [0.15, 0.2) is 24.3 Å². The fourth-order valence-electron chi connectivity index (χ4n) is 3.53. The molecule has 1 aliphatic heterocycles. The summed E-state index contributed by atoms with van der Waals surface area (Å²) in [5.74, 6) is 0.283. The summed E-state index contributed by atoms with van der Waals surface area (Å²) in [6.07, 6.45) is 0.644. The Hall–Kier alpha value is -2.91. The van der Waals surface area contributed by atoms with Crippen LogP contribution in [0.2, 0.25) is 0 Å². The summed E-state index contributed by atoms with van der Waals surface area (Å²) < 4.78 is 0. The maximum Gasteiger partial charge on any atom is 0.219 e. The van der Waals surface area contributed by atoms with Crippen LogP contribution in [0, 0.1) is 11.3 Å². The smallest absolute Gasteiger partial charge is 0.219 e. The number of fused-ring (bicyclic) bond motifs is 1. The summed E-state index contributed by atoms with van der Waals surface area (Å²) >= 11 is 0. The lowest BCUT2D eigenvalue weighted by molar-refractivity contribution is -0.129. The second-order valence-corrected chi connectivity index (χ2v) is 7.24. The zero-order valence-electron chi connectivity index (χ0n) is 16.3. The number of pyridine rings is 1. The Morgan fingerprint density at radius 1 is 1.41 bits per heavy atom. The number of aromatic nitrogens is 1. The lowest BCUT2D eigenvalue weighted by atomic mass is 9.89. The fourth-order valence-corrected chi connectivity index (χ4v) is 3.53. The van der Waals surface area contributed by atoms with E-state index in [1.807, 2.05) is 26.2 Å². The first-order chi connectivity index (χ1) is 12.8. The van der Waals surface area contributed by atoms with Gasteiger partial charge in [-0.2, -0.15) is 5.26 Å². The summed E-state index contributed by atoms with van der Waals surface area (Å²) in [4.78, 5) is 20.3. The molecule has 1 unspecified atom stereocenters. The molecule has 0 fully saturated rings. The largest absolute Gasteiger partial charge is 0.383 e. The molecule has 0 bridgehead atoms. The number of anilines is 1. The van der Waals surface area contributed by atoms with Crippen molar-refractivity contribution in [3.05, 3.63) is 46.6 Å². The number of nitrogens with zero attached hydrogens (tertiary/aromatic N) is 4. The number of nitrogens with two attached hydrogens (primary N) is 1. The maximum atomic E-state index is 11.9. The van der Waals surface area contributed by atoms with Crippen LogP contribution in [0.3, 0.4) is 0 Å². The predicted molar refractivity (Wildman–Crippen MR) is 106 cm³/mol. The van der Waals surface area contributed by atoms with Crippen LogP contribution in [0.4, 0.5) is 5.82 Å². The summed E-state index contributed by atoms with van der Waals surface area (Å²) in [6.45, 7) is 4.78. The van der Waals surface area contributed by atoms with Crippen molar-refractivity contribution in [1.29, 1.82) is 5.26 Å². The molecule has 1 aromatic carbocycles. The Morgan fingerprint density at radius 2 is 2.15 bits per heavy atom. The Kier molecular flexibility index (Phi) is 5.15. The number of carbonyl (C=O) groups is 1. The first-order valence-corrected chi connectivity index (χ1v) is 9.07. The molecule has 1 aliphatic rings. The Morgan fingerprint density at radius 3 is 2.78 bits per heavy atom. The molecular formula is C21H25N5O. The predicted octanol–water partition coefficient (Wildman–Crippen LogP) is 2.73. The van der Waals surface area contributed by atoms with E-state index in [2.05, 4.69) is 35.0 Å². The molecule has 1 aromatic heterocycles. The molecule has 6 heteroatoms. The van der Waals surface area contributed by atoms with Gasteiger partial charge in [0.25, 0.3) is 0 Å². The molecule has 6 nitrogen and oxygen atoms in total. The summed E-state index contributed by atoms with van der Waals surface area (Å²) in [7, 11) is 4.07. The quantitative estimate of drug-likeness (QED) is 0.906. The van der Waals surface area contributed by atoms with E-state index in [9.17, 15) is 10.1 Å². The fraction of sp³-hybridized carbons (Fsp3) is 0.381. The molecule has 0 radical (unpaired) electrons. The van der Waals surface area contributed by atoms with E-state index in [4.69, 9.17) is 5.73 Å². The third-order valence-corrected chi connectivity index (χ3v) is 5.37. The highest BCUT2D eigenvalue weighted by molar-refractivity contribution is 5.81. The van der Waals surface area contributed by atoms with Crippen LogP contribution in [-0.2, 0) is 17.8 Å². The van der Waals surface area contributed by atoms with Crippen molar-refractivity contribution in [2.75, 3.05) is 26.4 Å². The number of carbonyl (C=O) groups excluding carboxylic acids is 1. The second-order valence-electron chi connectivity index (χ2n) is 7.24. The Labute approximate surface area is 160 Å². The van der Waals surface area contributed by atoms with Crippen LogP contribution in [0.5, 0.6) is 0 Å². The maximum absolute atomic E-state index is 11.9. The average Bonchev–Trinajstić information content (AvgIpc) is 2.65. The van der Waals surface area contributed by atoms with Gasteiger partial charge in [0.05, 0.1) is 5.69 Å². The molecule has 2 aromatic rings. The van der Waals surface area contributed by atoms with Crippen molar-refractivity contribution in [2.45, 2.75) is 32.9 Å². The average molecular weight is 363 g/mol. The van der Waals surface area contributed by atoms with Crippen molar-refractivity contribution in [3.63, 3.8) is 0 Å². The van der Waals surface area contributed by atoms with Gasteiger partial charge in [-0.15, -0.1) is 0 Å². The number of hydrogen-bond acceptors (Lipinski definition) is 5. The summed E-state index contributed by atoms with van der Waals surface area (Å²) in [5, 5.41) is 9.75. The lowest BCUT2D eigenvalue weighted by Crippen LogP contribution is -2.35. The molecule has 0 saturated carbocycles.